The van der Waals surface area contributed by atoms with Gasteiger partial charge in [0, 0.05) is 6.54 Å². The van der Waals surface area contributed by atoms with Crippen LogP contribution < -0.4 is 0 Å². The van der Waals surface area contributed by atoms with Crippen molar-refractivity contribution >= 4 is 0 Å². The summed E-state index contributed by atoms with van der Waals surface area (Å²) >= 11 is 0. The molecule has 0 saturated heterocycles. The minimum absolute atomic E-state index is 0.925. The first-order valence-electron chi connectivity index (χ1n) is 4.92. The summed E-state index contributed by atoms with van der Waals surface area (Å²) in [6.45, 7) is 7.11. The maximum atomic E-state index is 2.42. The lowest BCUT2D eigenvalue weighted by Crippen LogP contribution is -2.31. The molecule has 1 nitrogen and oxygen atoms in total. The molecule has 0 aromatic rings. The zero-order valence-electron chi connectivity index (χ0n) is 8.14. The van der Waals surface area contributed by atoms with Crippen molar-refractivity contribution in [2.75, 3.05) is 20.1 Å². The summed E-state index contributed by atoms with van der Waals surface area (Å²) in [7, 11) is 2.22. The highest BCUT2D eigenvalue weighted by molar-refractivity contribution is 4.76. The van der Waals surface area contributed by atoms with Crippen LogP contribution in [0.3, 0.4) is 0 Å². The molecule has 0 radical (unpaired) electrons. The number of hydrogen-bond acceptors (Lipinski definition) is 1. The van der Waals surface area contributed by atoms with Gasteiger partial charge in [0.25, 0.3) is 0 Å². The monoisotopic (exact) mass is 155 g/mol. The van der Waals surface area contributed by atoms with E-state index in [1.54, 1.807) is 0 Å². The quantitative estimate of drug-likeness (QED) is 0.602. The summed E-state index contributed by atoms with van der Waals surface area (Å²) < 4.78 is 0. The van der Waals surface area contributed by atoms with E-state index in [2.05, 4.69) is 25.8 Å². The average molecular weight is 155 g/mol. The van der Waals surface area contributed by atoms with E-state index in [0.29, 0.717) is 0 Å². The summed E-state index contributed by atoms with van der Waals surface area (Å²) in [6.07, 6.45) is 4.45. The van der Waals surface area contributed by atoms with Gasteiger partial charge in [0.05, 0.1) is 0 Å². The lowest BCUT2D eigenvalue weighted by molar-refractivity contribution is 0.171. The van der Waals surface area contributed by atoms with E-state index in [9.17, 15) is 0 Å². The molecular weight excluding hydrogens is 134 g/mol. The highest BCUT2D eigenvalue weighted by Crippen LogP contribution is 2.33. The van der Waals surface area contributed by atoms with Crippen LogP contribution in [0.2, 0.25) is 0 Å². The number of rotatable bonds is 4. The molecule has 1 saturated carbocycles. The summed E-state index contributed by atoms with van der Waals surface area (Å²) in [4.78, 5) is 2.42. The molecule has 0 heterocycles. The molecule has 0 spiro atoms. The fraction of sp³-hybridized carbons (Fsp3) is 1.00. The van der Waals surface area contributed by atoms with E-state index in [1.807, 2.05) is 0 Å². The molecule has 1 rings (SSSR count). The van der Waals surface area contributed by atoms with Crippen molar-refractivity contribution in [3.05, 3.63) is 0 Å². The van der Waals surface area contributed by atoms with Gasteiger partial charge in [0.15, 0.2) is 0 Å². The molecule has 1 atom stereocenters. The molecule has 11 heavy (non-hydrogen) atoms. The van der Waals surface area contributed by atoms with E-state index < -0.39 is 0 Å². The third-order valence-corrected chi connectivity index (χ3v) is 3.09. The Kier molecular flexibility index (Phi) is 3.38. The first kappa shape index (κ1) is 9.05. The summed E-state index contributed by atoms with van der Waals surface area (Å²) in [5.74, 6) is 1.97. The van der Waals surface area contributed by atoms with Crippen LogP contribution in [0.5, 0.6) is 0 Å². The average Bonchev–Trinajstić information content (AvgIpc) is 1.83. The highest BCUT2D eigenvalue weighted by atomic mass is 15.1. The molecule has 0 N–H and O–H groups in total. The van der Waals surface area contributed by atoms with Crippen LogP contribution in [-0.2, 0) is 0 Å². The van der Waals surface area contributed by atoms with Gasteiger partial charge in [-0.1, -0.05) is 33.1 Å². The summed E-state index contributed by atoms with van der Waals surface area (Å²) in [6, 6.07) is 0. The molecular formula is C10H21N. The molecule has 0 amide bonds. The molecule has 0 aromatic carbocycles. The second-order valence-corrected chi connectivity index (χ2v) is 4.02. The van der Waals surface area contributed by atoms with Gasteiger partial charge in [-0.15, -0.1) is 0 Å². The third kappa shape index (κ3) is 2.48. The van der Waals surface area contributed by atoms with E-state index in [0.717, 1.165) is 11.8 Å². The molecule has 1 aliphatic carbocycles. The Morgan fingerprint density at radius 2 is 2.09 bits per heavy atom. The predicted molar refractivity (Wildman–Crippen MR) is 49.7 cm³/mol. The molecule has 66 valence electrons. The SMILES string of the molecule is CCN(C)CC(C)C1CCC1. The van der Waals surface area contributed by atoms with Crippen molar-refractivity contribution < 1.29 is 0 Å². The van der Waals surface area contributed by atoms with Gasteiger partial charge < -0.3 is 4.90 Å². The van der Waals surface area contributed by atoms with Crippen molar-refractivity contribution in [1.82, 2.24) is 4.90 Å². The Hall–Kier alpha value is -0.0400. The highest BCUT2D eigenvalue weighted by Gasteiger charge is 2.23. The minimum Gasteiger partial charge on any atom is -0.306 e. The van der Waals surface area contributed by atoms with Crippen LogP contribution in [-0.4, -0.2) is 25.0 Å². The maximum Gasteiger partial charge on any atom is 0.000650 e. The Morgan fingerprint density at radius 1 is 1.45 bits per heavy atom. The van der Waals surface area contributed by atoms with Crippen molar-refractivity contribution in [1.29, 1.82) is 0 Å². The third-order valence-electron chi connectivity index (χ3n) is 3.09. The van der Waals surface area contributed by atoms with Gasteiger partial charge in [-0.25, -0.2) is 0 Å². The topological polar surface area (TPSA) is 3.24 Å². The maximum absolute atomic E-state index is 2.42. The standard InChI is InChI=1S/C10H21N/c1-4-11(3)8-9(2)10-6-5-7-10/h9-10H,4-8H2,1-3H3. The van der Waals surface area contributed by atoms with Gasteiger partial charge in [0.1, 0.15) is 0 Å². The van der Waals surface area contributed by atoms with E-state index >= 15 is 0 Å². The van der Waals surface area contributed by atoms with Crippen LogP contribution in [0.25, 0.3) is 0 Å². The lowest BCUT2D eigenvalue weighted by atomic mass is 9.76. The van der Waals surface area contributed by atoms with Crippen molar-refractivity contribution in [3.63, 3.8) is 0 Å². The van der Waals surface area contributed by atoms with Crippen LogP contribution in [0, 0.1) is 11.8 Å². The van der Waals surface area contributed by atoms with E-state index in [4.69, 9.17) is 0 Å². The van der Waals surface area contributed by atoms with Crippen molar-refractivity contribution in [2.45, 2.75) is 33.1 Å². The van der Waals surface area contributed by atoms with Crippen LogP contribution in [0.4, 0.5) is 0 Å². The molecule has 0 bridgehead atoms. The molecule has 1 fully saturated rings. The number of nitrogens with zero attached hydrogens (tertiary/aromatic N) is 1. The summed E-state index contributed by atoms with van der Waals surface area (Å²) in [5.41, 5.74) is 0. The normalized spacial score (nSPS) is 21.8. The van der Waals surface area contributed by atoms with Crippen LogP contribution >= 0.6 is 0 Å². The van der Waals surface area contributed by atoms with Gasteiger partial charge in [-0.3, -0.25) is 0 Å². The Balaban J connectivity index is 2.13. The Bertz CT molecular complexity index is 107. The zero-order valence-corrected chi connectivity index (χ0v) is 8.14. The lowest BCUT2D eigenvalue weighted by Gasteiger charge is -2.33. The first-order chi connectivity index (χ1) is 5.24. The largest absolute Gasteiger partial charge is 0.306 e. The van der Waals surface area contributed by atoms with Crippen molar-refractivity contribution in [3.8, 4) is 0 Å². The second-order valence-electron chi connectivity index (χ2n) is 4.02. The minimum atomic E-state index is 0.925. The van der Waals surface area contributed by atoms with Gasteiger partial charge in [-0.05, 0) is 25.4 Å². The second kappa shape index (κ2) is 4.10. The molecule has 0 aromatic heterocycles. The first-order valence-corrected chi connectivity index (χ1v) is 4.92. The fourth-order valence-corrected chi connectivity index (χ4v) is 1.78. The fourth-order valence-electron chi connectivity index (χ4n) is 1.78. The summed E-state index contributed by atoms with van der Waals surface area (Å²) in [5, 5.41) is 0. The van der Waals surface area contributed by atoms with E-state index in [-0.39, 0.29) is 0 Å². The van der Waals surface area contributed by atoms with Gasteiger partial charge >= 0.3 is 0 Å². The molecule has 1 unspecified atom stereocenters. The van der Waals surface area contributed by atoms with Gasteiger partial charge in [0.2, 0.25) is 0 Å². The zero-order chi connectivity index (χ0) is 8.27. The van der Waals surface area contributed by atoms with Crippen LogP contribution in [0.15, 0.2) is 0 Å². The molecule has 1 aliphatic rings. The Morgan fingerprint density at radius 3 is 2.45 bits per heavy atom. The molecule has 1 heteroatoms. The smallest absolute Gasteiger partial charge is 0.000650 e. The van der Waals surface area contributed by atoms with Gasteiger partial charge in [-0.2, -0.15) is 0 Å². The van der Waals surface area contributed by atoms with E-state index in [1.165, 1.54) is 32.4 Å². The van der Waals surface area contributed by atoms with Crippen LogP contribution in [0.1, 0.15) is 33.1 Å². The molecule has 0 aliphatic heterocycles. The predicted octanol–water partition coefficient (Wildman–Crippen LogP) is 2.37. The Labute approximate surface area is 70.8 Å². The van der Waals surface area contributed by atoms with Crippen molar-refractivity contribution in [2.24, 2.45) is 11.8 Å². The number of hydrogen-bond donors (Lipinski definition) is 0.